The zero-order valence-electron chi connectivity index (χ0n) is 11.1. The molecule has 0 amide bonds. The van der Waals surface area contributed by atoms with Gasteiger partial charge < -0.3 is 0 Å². The highest BCUT2D eigenvalue weighted by Crippen LogP contribution is 2.31. The first-order valence-corrected chi connectivity index (χ1v) is 8.31. The van der Waals surface area contributed by atoms with E-state index in [1.807, 2.05) is 0 Å². The average molecular weight is 311 g/mol. The van der Waals surface area contributed by atoms with Crippen LogP contribution in [-0.4, -0.2) is 31.3 Å². The summed E-state index contributed by atoms with van der Waals surface area (Å²) in [5.41, 5.74) is 0.696. The zero-order chi connectivity index (χ0) is 14.3. The number of hydrogen-bond donors (Lipinski definition) is 0. The molecule has 0 atom stereocenters. The maximum Gasteiger partial charge on any atom is 0.242 e. The maximum atomic E-state index is 12.5. The van der Waals surface area contributed by atoms with Crippen molar-refractivity contribution in [1.29, 1.82) is 0 Å². The minimum absolute atomic E-state index is 0.303. The highest BCUT2D eigenvalue weighted by molar-refractivity contribution is 7.89. The molecule has 1 aromatic heterocycles. The van der Waals surface area contributed by atoms with Gasteiger partial charge in [0.2, 0.25) is 10.0 Å². The average Bonchev–Trinajstić information content (AvgIpc) is 3.21. The first-order chi connectivity index (χ1) is 9.46. The molecule has 0 unspecified atom stereocenters. The summed E-state index contributed by atoms with van der Waals surface area (Å²) in [6.07, 6.45) is 2.25. The smallest absolute Gasteiger partial charge is 0.236 e. The first kappa shape index (κ1) is 13.8. The molecule has 0 bridgehead atoms. The van der Waals surface area contributed by atoms with Crippen molar-refractivity contribution in [3.05, 3.63) is 35.5 Å². The van der Waals surface area contributed by atoms with Gasteiger partial charge in [0.1, 0.15) is 5.15 Å². The van der Waals surface area contributed by atoms with E-state index < -0.39 is 10.0 Å². The summed E-state index contributed by atoms with van der Waals surface area (Å²) in [5.74, 6) is 0.524. The van der Waals surface area contributed by atoms with Gasteiger partial charge in [0.05, 0.1) is 10.4 Å². The number of pyridine rings is 1. The molecule has 0 saturated heterocycles. The molecule has 0 aliphatic heterocycles. The summed E-state index contributed by atoms with van der Waals surface area (Å²) in [6, 6.07) is 8.37. The number of sulfonamides is 1. The van der Waals surface area contributed by atoms with Crippen LogP contribution < -0.4 is 0 Å². The van der Waals surface area contributed by atoms with Crippen LogP contribution in [0.3, 0.4) is 0 Å². The number of benzene rings is 1. The third-order valence-electron chi connectivity index (χ3n) is 3.55. The molecule has 20 heavy (non-hydrogen) atoms. The first-order valence-electron chi connectivity index (χ1n) is 6.49. The van der Waals surface area contributed by atoms with Gasteiger partial charge in [0, 0.05) is 19.0 Å². The Hall–Kier alpha value is -1.17. The Morgan fingerprint density at radius 3 is 2.75 bits per heavy atom. The molecule has 1 aliphatic carbocycles. The number of fused-ring (bicyclic) bond motifs is 1. The summed E-state index contributed by atoms with van der Waals surface area (Å²) in [6.45, 7) is 0.596. The highest BCUT2D eigenvalue weighted by atomic mass is 35.5. The second kappa shape index (κ2) is 4.98. The van der Waals surface area contributed by atoms with Gasteiger partial charge in [-0.05, 0) is 49.1 Å². The second-order valence-electron chi connectivity index (χ2n) is 5.22. The quantitative estimate of drug-likeness (QED) is 0.816. The van der Waals surface area contributed by atoms with Crippen LogP contribution in [-0.2, 0) is 10.0 Å². The van der Waals surface area contributed by atoms with Crippen LogP contribution in [0.1, 0.15) is 12.8 Å². The van der Waals surface area contributed by atoms with Crippen molar-refractivity contribution in [2.75, 3.05) is 13.6 Å². The van der Waals surface area contributed by atoms with Crippen molar-refractivity contribution >= 4 is 32.5 Å². The van der Waals surface area contributed by atoms with Crippen LogP contribution in [0.4, 0.5) is 0 Å². The SMILES string of the molecule is CN(CC1CC1)S(=O)(=O)c1ccc2nc(Cl)ccc2c1. The number of halogens is 1. The third kappa shape index (κ3) is 2.66. The molecule has 0 N–H and O–H groups in total. The fourth-order valence-corrected chi connectivity index (χ4v) is 3.62. The van der Waals surface area contributed by atoms with Gasteiger partial charge in [0.15, 0.2) is 0 Å². The third-order valence-corrected chi connectivity index (χ3v) is 5.58. The largest absolute Gasteiger partial charge is 0.242 e. The van der Waals surface area contributed by atoms with Crippen LogP contribution >= 0.6 is 11.6 Å². The van der Waals surface area contributed by atoms with Crippen molar-refractivity contribution in [1.82, 2.24) is 9.29 Å². The van der Waals surface area contributed by atoms with Crippen LogP contribution in [0.15, 0.2) is 35.2 Å². The Bertz CT molecular complexity index is 757. The van der Waals surface area contributed by atoms with E-state index in [9.17, 15) is 8.42 Å². The molecule has 6 heteroatoms. The lowest BCUT2D eigenvalue weighted by Gasteiger charge is -2.17. The minimum Gasteiger partial charge on any atom is -0.236 e. The van der Waals surface area contributed by atoms with Crippen molar-refractivity contribution in [2.24, 2.45) is 5.92 Å². The van der Waals surface area contributed by atoms with Gasteiger partial charge in [-0.15, -0.1) is 0 Å². The van der Waals surface area contributed by atoms with E-state index in [0.717, 1.165) is 18.2 Å². The van der Waals surface area contributed by atoms with E-state index in [1.54, 1.807) is 37.4 Å². The van der Waals surface area contributed by atoms with E-state index in [1.165, 1.54) is 4.31 Å². The lowest BCUT2D eigenvalue weighted by Crippen LogP contribution is -2.28. The Labute approximate surface area is 123 Å². The molecular weight excluding hydrogens is 296 g/mol. The highest BCUT2D eigenvalue weighted by Gasteiger charge is 2.29. The van der Waals surface area contributed by atoms with E-state index in [-0.39, 0.29) is 0 Å². The Morgan fingerprint density at radius 1 is 1.30 bits per heavy atom. The molecule has 0 spiro atoms. The van der Waals surface area contributed by atoms with E-state index in [2.05, 4.69) is 4.98 Å². The van der Waals surface area contributed by atoms with Crippen LogP contribution in [0.2, 0.25) is 5.15 Å². The molecule has 1 saturated carbocycles. The van der Waals surface area contributed by atoms with Crippen molar-refractivity contribution in [3.63, 3.8) is 0 Å². The summed E-state index contributed by atoms with van der Waals surface area (Å²) in [7, 11) is -1.79. The summed E-state index contributed by atoms with van der Waals surface area (Å²) < 4.78 is 26.4. The van der Waals surface area contributed by atoms with Crippen molar-refractivity contribution in [3.8, 4) is 0 Å². The standard InChI is InChI=1S/C14H15ClN2O2S/c1-17(9-10-2-3-10)20(18,19)12-5-6-13-11(8-12)4-7-14(15)16-13/h4-8,10H,2-3,9H2,1H3. The van der Waals surface area contributed by atoms with Crippen molar-refractivity contribution in [2.45, 2.75) is 17.7 Å². The molecule has 106 valence electrons. The van der Waals surface area contributed by atoms with Crippen LogP contribution in [0.5, 0.6) is 0 Å². The predicted octanol–water partition coefficient (Wildman–Crippen LogP) is 2.92. The molecule has 1 aliphatic rings. The molecule has 3 rings (SSSR count). The number of hydrogen-bond acceptors (Lipinski definition) is 3. The molecule has 1 fully saturated rings. The van der Waals surface area contributed by atoms with Crippen LogP contribution in [0.25, 0.3) is 10.9 Å². The molecule has 1 aromatic carbocycles. The maximum absolute atomic E-state index is 12.5. The monoisotopic (exact) mass is 310 g/mol. The molecule has 2 aromatic rings. The summed E-state index contributed by atoms with van der Waals surface area (Å²) in [4.78, 5) is 4.46. The van der Waals surface area contributed by atoms with Crippen LogP contribution in [0, 0.1) is 5.92 Å². The van der Waals surface area contributed by atoms with Gasteiger partial charge in [-0.3, -0.25) is 0 Å². The second-order valence-corrected chi connectivity index (χ2v) is 7.65. The number of aromatic nitrogens is 1. The van der Waals surface area contributed by atoms with Gasteiger partial charge in [0.25, 0.3) is 0 Å². The Morgan fingerprint density at radius 2 is 2.05 bits per heavy atom. The van der Waals surface area contributed by atoms with E-state index in [4.69, 9.17) is 11.6 Å². The summed E-state index contributed by atoms with van der Waals surface area (Å²) >= 11 is 5.83. The molecule has 0 radical (unpaired) electrons. The fourth-order valence-electron chi connectivity index (χ4n) is 2.18. The molecule has 4 nitrogen and oxygen atoms in total. The molecular formula is C14H15ClN2O2S. The summed E-state index contributed by atoms with van der Waals surface area (Å²) in [5, 5.41) is 1.18. The molecule has 1 heterocycles. The Balaban J connectivity index is 1.97. The predicted molar refractivity (Wildman–Crippen MR) is 79.3 cm³/mol. The lowest BCUT2D eigenvalue weighted by molar-refractivity contribution is 0.453. The fraction of sp³-hybridized carbons (Fsp3) is 0.357. The van der Waals surface area contributed by atoms with Gasteiger partial charge in [-0.1, -0.05) is 11.6 Å². The van der Waals surface area contributed by atoms with Gasteiger partial charge in [-0.25, -0.2) is 17.7 Å². The Kier molecular flexibility index (Phi) is 3.44. The number of nitrogens with zero attached hydrogens (tertiary/aromatic N) is 2. The van der Waals surface area contributed by atoms with Gasteiger partial charge >= 0.3 is 0 Å². The minimum atomic E-state index is -3.42. The topological polar surface area (TPSA) is 50.3 Å². The number of rotatable bonds is 4. The van der Waals surface area contributed by atoms with E-state index >= 15 is 0 Å². The van der Waals surface area contributed by atoms with Gasteiger partial charge in [-0.2, -0.15) is 0 Å². The lowest BCUT2D eigenvalue weighted by atomic mass is 10.2. The van der Waals surface area contributed by atoms with E-state index in [0.29, 0.717) is 28.0 Å². The van der Waals surface area contributed by atoms with Crippen molar-refractivity contribution < 1.29 is 8.42 Å². The zero-order valence-corrected chi connectivity index (χ0v) is 12.7. The normalized spacial score (nSPS) is 15.9.